The molecule has 29 heavy (non-hydrogen) atoms. The van der Waals surface area contributed by atoms with E-state index in [1.165, 1.54) is 11.5 Å². The highest BCUT2D eigenvalue weighted by molar-refractivity contribution is 14.0. The number of anilines is 1. The molecule has 4 heterocycles. The fraction of sp³-hybridized carbons (Fsp3) is 0.500. The predicted octanol–water partition coefficient (Wildman–Crippen LogP) is 1.70. The number of aryl methyl sites for hydroxylation is 1. The molecule has 0 spiro atoms. The van der Waals surface area contributed by atoms with Crippen molar-refractivity contribution in [2.24, 2.45) is 4.99 Å². The predicted molar refractivity (Wildman–Crippen MR) is 127 cm³/mol. The van der Waals surface area contributed by atoms with Gasteiger partial charge < -0.3 is 15.1 Å². The van der Waals surface area contributed by atoms with Crippen molar-refractivity contribution in [1.82, 2.24) is 34.2 Å². The molecule has 0 amide bonds. The SMILES string of the molecule is CCc1nsc(N2CCN(C(=NC)NCCc3nnc4ccccn34)CC2)n1.I. The number of pyridine rings is 1. The minimum atomic E-state index is 0. The number of fused-ring (bicyclic) bond motifs is 1. The zero-order valence-corrected chi connectivity index (χ0v) is 19.8. The van der Waals surface area contributed by atoms with Crippen LogP contribution in [0.2, 0.25) is 0 Å². The number of aliphatic imine (C=N–C) groups is 1. The van der Waals surface area contributed by atoms with E-state index in [-0.39, 0.29) is 24.0 Å². The Morgan fingerprint density at radius 3 is 2.76 bits per heavy atom. The summed E-state index contributed by atoms with van der Waals surface area (Å²) < 4.78 is 6.42. The van der Waals surface area contributed by atoms with Crippen molar-refractivity contribution in [3.05, 3.63) is 36.0 Å². The molecule has 0 saturated carbocycles. The maximum Gasteiger partial charge on any atom is 0.205 e. The molecule has 0 unspecified atom stereocenters. The van der Waals surface area contributed by atoms with Crippen LogP contribution in [0.25, 0.3) is 5.65 Å². The highest BCUT2D eigenvalue weighted by atomic mass is 127. The largest absolute Gasteiger partial charge is 0.356 e. The Hall–Kier alpha value is -2.02. The Morgan fingerprint density at radius 2 is 2.03 bits per heavy atom. The van der Waals surface area contributed by atoms with Crippen molar-refractivity contribution in [2.45, 2.75) is 19.8 Å². The Labute approximate surface area is 191 Å². The molecule has 9 nitrogen and oxygen atoms in total. The average Bonchev–Trinajstić information content (AvgIpc) is 3.39. The third-order valence-corrected chi connectivity index (χ3v) is 5.67. The van der Waals surface area contributed by atoms with Crippen LogP contribution in [0.1, 0.15) is 18.6 Å². The van der Waals surface area contributed by atoms with E-state index in [0.717, 1.165) is 74.0 Å². The van der Waals surface area contributed by atoms with Crippen molar-refractivity contribution in [1.29, 1.82) is 0 Å². The van der Waals surface area contributed by atoms with Crippen molar-refractivity contribution < 1.29 is 0 Å². The van der Waals surface area contributed by atoms with Gasteiger partial charge in [0, 0.05) is 70.3 Å². The van der Waals surface area contributed by atoms with Crippen LogP contribution in [0.4, 0.5) is 5.13 Å². The zero-order chi connectivity index (χ0) is 19.3. The normalized spacial score (nSPS) is 14.9. The first-order valence-corrected chi connectivity index (χ1v) is 10.4. The van der Waals surface area contributed by atoms with Crippen LogP contribution in [0.5, 0.6) is 0 Å². The van der Waals surface area contributed by atoms with Gasteiger partial charge >= 0.3 is 0 Å². The molecule has 1 N–H and O–H groups in total. The van der Waals surface area contributed by atoms with Crippen molar-refractivity contribution in [2.75, 3.05) is 44.7 Å². The van der Waals surface area contributed by atoms with Crippen LogP contribution in [-0.4, -0.2) is 74.6 Å². The average molecular weight is 527 g/mol. The molecule has 1 aliphatic heterocycles. The summed E-state index contributed by atoms with van der Waals surface area (Å²) >= 11 is 1.49. The summed E-state index contributed by atoms with van der Waals surface area (Å²) in [6.45, 7) is 6.52. The van der Waals surface area contributed by atoms with Crippen LogP contribution in [0.15, 0.2) is 29.4 Å². The summed E-state index contributed by atoms with van der Waals surface area (Å²) in [5.41, 5.74) is 0.876. The summed E-state index contributed by atoms with van der Waals surface area (Å²) in [4.78, 5) is 13.7. The van der Waals surface area contributed by atoms with E-state index < -0.39 is 0 Å². The molecule has 3 aromatic rings. The fourth-order valence-corrected chi connectivity index (χ4v) is 4.11. The zero-order valence-electron chi connectivity index (χ0n) is 16.7. The molecule has 0 bridgehead atoms. The van der Waals surface area contributed by atoms with Crippen molar-refractivity contribution in [3.8, 4) is 0 Å². The number of hydrogen-bond donors (Lipinski definition) is 1. The maximum atomic E-state index is 4.60. The summed E-state index contributed by atoms with van der Waals surface area (Å²) in [7, 11) is 1.83. The minimum Gasteiger partial charge on any atom is -0.356 e. The molecule has 0 aromatic carbocycles. The van der Waals surface area contributed by atoms with Gasteiger partial charge in [0.25, 0.3) is 0 Å². The van der Waals surface area contributed by atoms with E-state index in [1.807, 2.05) is 35.8 Å². The maximum absolute atomic E-state index is 4.60. The van der Waals surface area contributed by atoms with Crippen molar-refractivity contribution in [3.63, 3.8) is 0 Å². The third kappa shape index (κ3) is 4.94. The lowest BCUT2D eigenvalue weighted by Crippen LogP contribution is -2.52. The first-order chi connectivity index (χ1) is 13.8. The third-order valence-electron chi connectivity index (χ3n) is 4.85. The molecule has 0 radical (unpaired) electrons. The van der Waals surface area contributed by atoms with E-state index in [0.29, 0.717) is 0 Å². The number of rotatable bonds is 5. The molecule has 11 heteroatoms. The number of nitrogens with one attached hydrogen (secondary N) is 1. The Morgan fingerprint density at radius 1 is 1.21 bits per heavy atom. The summed E-state index contributed by atoms with van der Waals surface area (Å²) in [6.07, 6.45) is 3.67. The molecular weight excluding hydrogens is 501 g/mol. The van der Waals surface area contributed by atoms with Gasteiger partial charge in [-0.1, -0.05) is 13.0 Å². The van der Waals surface area contributed by atoms with E-state index in [4.69, 9.17) is 0 Å². The summed E-state index contributed by atoms with van der Waals surface area (Å²) in [5, 5.41) is 13.0. The first kappa shape index (κ1) is 21.7. The fourth-order valence-electron chi connectivity index (χ4n) is 3.31. The van der Waals surface area contributed by atoms with E-state index in [2.05, 4.69) is 46.6 Å². The van der Waals surface area contributed by atoms with Crippen molar-refractivity contribution >= 4 is 52.2 Å². The number of nitrogens with zero attached hydrogens (tertiary/aromatic N) is 8. The Kier molecular flexibility index (Phi) is 7.58. The Bertz CT molecular complexity index is 946. The smallest absolute Gasteiger partial charge is 0.205 e. The summed E-state index contributed by atoms with van der Waals surface area (Å²) in [6, 6.07) is 5.93. The van der Waals surface area contributed by atoms with Crippen LogP contribution in [0.3, 0.4) is 0 Å². The highest BCUT2D eigenvalue weighted by Crippen LogP contribution is 2.19. The highest BCUT2D eigenvalue weighted by Gasteiger charge is 2.22. The number of piperazine rings is 1. The second-order valence-electron chi connectivity index (χ2n) is 6.59. The second-order valence-corrected chi connectivity index (χ2v) is 7.32. The van der Waals surface area contributed by atoms with Gasteiger partial charge in [-0.3, -0.25) is 9.39 Å². The van der Waals surface area contributed by atoms with Gasteiger partial charge in [-0.05, 0) is 12.1 Å². The van der Waals surface area contributed by atoms with E-state index >= 15 is 0 Å². The molecule has 3 aromatic heterocycles. The van der Waals surface area contributed by atoms with Crippen LogP contribution in [-0.2, 0) is 12.8 Å². The van der Waals surface area contributed by atoms with E-state index in [1.54, 1.807) is 0 Å². The number of hydrogen-bond acceptors (Lipinski definition) is 7. The molecular formula is C18H26IN9S. The quantitative estimate of drug-likeness (QED) is 0.307. The molecule has 1 saturated heterocycles. The van der Waals surface area contributed by atoms with Gasteiger partial charge in [0.15, 0.2) is 11.6 Å². The lowest BCUT2D eigenvalue weighted by atomic mass is 10.3. The number of halogens is 1. The van der Waals surface area contributed by atoms with Gasteiger partial charge in [-0.2, -0.15) is 4.37 Å². The van der Waals surface area contributed by atoms with E-state index in [9.17, 15) is 0 Å². The number of aromatic nitrogens is 5. The van der Waals surface area contributed by atoms with Gasteiger partial charge in [-0.15, -0.1) is 34.2 Å². The van der Waals surface area contributed by atoms with Gasteiger partial charge in [0.1, 0.15) is 11.6 Å². The minimum absolute atomic E-state index is 0. The van der Waals surface area contributed by atoms with Gasteiger partial charge in [-0.25, -0.2) is 4.98 Å². The molecule has 4 rings (SSSR count). The molecule has 1 aliphatic rings. The second kappa shape index (κ2) is 10.1. The Balaban J connectivity index is 0.00000240. The molecule has 0 aliphatic carbocycles. The van der Waals surface area contributed by atoms with Gasteiger partial charge in [0.05, 0.1) is 0 Å². The lowest BCUT2D eigenvalue weighted by molar-refractivity contribution is 0.372. The number of guanidine groups is 1. The molecule has 1 fully saturated rings. The summed E-state index contributed by atoms with van der Waals surface area (Å²) in [5.74, 6) is 2.81. The van der Waals surface area contributed by atoms with Crippen LogP contribution in [0, 0.1) is 0 Å². The lowest BCUT2D eigenvalue weighted by Gasteiger charge is -2.36. The monoisotopic (exact) mass is 527 g/mol. The molecule has 0 atom stereocenters. The standard InChI is InChI=1S/C18H25N9S.HI/c1-3-14-21-18(28-24-14)26-12-10-25(11-13-26)17(19-2)20-8-7-16-23-22-15-6-4-5-9-27(15)16;/h4-6,9H,3,7-8,10-13H2,1-2H3,(H,19,20);1H. The van der Waals surface area contributed by atoms with Crippen LogP contribution < -0.4 is 10.2 Å². The van der Waals surface area contributed by atoms with Crippen LogP contribution >= 0.6 is 35.5 Å². The first-order valence-electron chi connectivity index (χ1n) is 9.60. The molecule has 156 valence electrons. The van der Waals surface area contributed by atoms with Gasteiger partial charge in [0.2, 0.25) is 5.13 Å². The topological polar surface area (TPSA) is 86.8 Å².